The lowest BCUT2D eigenvalue weighted by Crippen LogP contribution is -2.21. The molecule has 0 aliphatic carbocycles. The van der Waals surface area contributed by atoms with Crippen LogP contribution in [0.5, 0.6) is 11.5 Å². The quantitative estimate of drug-likeness (QED) is 0.549. The lowest BCUT2D eigenvalue weighted by Gasteiger charge is -2.05. The number of amides is 1. The van der Waals surface area contributed by atoms with Crippen LogP contribution in [0.3, 0.4) is 0 Å². The third-order valence-electron chi connectivity index (χ3n) is 2.55. The molecule has 6 heteroatoms. The molecule has 7 N–H and O–H groups in total. The normalized spacial score (nSPS) is 9.38. The van der Waals surface area contributed by atoms with Gasteiger partial charge >= 0.3 is 0 Å². The summed E-state index contributed by atoms with van der Waals surface area (Å²) >= 11 is 0. The zero-order chi connectivity index (χ0) is 15.8. The molecule has 0 aromatic heterocycles. The predicted octanol–water partition coefficient (Wildman–Crippen LogP) is 1.57. The Balaban J connectivity index is 0.000000235. The molecule has 0 heterocycles. The summed E-state index contributed by atoms with van der Waals surface area (Å²) in [7, 11) is 0. The number of benzene rings is 2. The van der Waals surface area contributed by atoms with Gasteiger partial charge in [-0.2, -0.15) is 0 Å². The summed E-state index contributed by atoms with van der Waals surface area (Å²) in [6.07, 6.45) is 0. The number of aryl methyl sites for hydroxylation is 1. The molecule has 0 saturated heterocycles. The summed E-state index contributed by atoms with van der Waals surface area (Å²) in [4.78, 5) is 10.4. The smallest absolute Gasteiger partial charge is 0.236 e. The molecule has 0 unspecified atom stereocenters. The second-order valence-electron chi connectivity index (χ2n) is 4.42. The Kier molecular flexibility index (Phi) is 5.88. The number of carbonyl (C=O) groups excluding carboxylic acids is 1. The van der Waals surface area contributed by atoms with Gasteiger partial charge in [0, 0.05) is 23.5 Å². The van der Waals surface area contributed by atoms with Crippen molar-refractivity contribution in [1.82, 2.24) is 0 Å². The maximum Gasteiger partial charge on any atom is 0.236 e. The Bertz CT molecular complexity index is 598. The summed E-state index contributed by atoms with van der Waals surface area (Å²) in [5.74, 6) is -0.0143. The first-order valence-electron chi connectivity index (χ1n) is 6.25. The second-order valence-corrected chi connectivity index (χ2v) is 4.42. The molecule has 0 saturated carbocycles. The van der Waals surface area contributed by atoms with Crippen molar-refractivity contribution >= 4 is 17.3 Å². The highest BCUT2D eigenvalue weighted by atomic mass is 16.3. The fourth-order valence-corrected chi connectivity index (χ4v) is 1.43. The van der Waals surface area contributed by atoms with Gasteiger partial charge in [-0.3, -0.25) is 4.79 Å². The van der Waals surface area contributed by atoms with Crippen molar-refractivity contribution in [3.8, 4) is 11.5 Å². The fraction of sp³-hybridized carbons (Fsp3) is 0.133. The first kappa shape index (κ1) is 16.2. The highest BCUT2D eigenvalue weighted by Gasteiger charge is 1.98. The molecule has 0 fully saturated rings. The number of hydrogen-bond acceptors (Lipinski definition) is 5. The number of anilines is 2. The van der Waals surface area contributed by atoms with Crippen molar-refractivity contribution in [2.75, 3.05) is 17.6 Å². The minimum Gasteiger partial charge on any atom is -0.508 e. The molecule has 112 valence electrons. The molecule has 0 aliphatic rings. The second kappa shape index (κ2) is 7.64. The van der Waals surface area contributed by atoms with Crippen LogP contribution in [0.25, 0.3) is 0 Å². The summed E-state index contributed by atoms with van der Waals surface area (Å²) in [5.41, 5.74) is 12.3. The van der Waals surface area contributed by atoms with Crippen LogP contribution in [-0.2, 0) is 4.79 Å². The molecule has 0 aliphatic heterocycles. The number of rotatable bonds is 3. The zero-order valence-electron chi connectivity index (χ0n) is 11.7. The molecular formula is C15H19N3O3. The Morgan fingerprint density at radius 2 is 1.90 bits per heavy atom. The number of nitrogens with two attached hydrogens (primary N) is 2. The van der Waals surface area contributed by atoms with Gasteiger partial charge in [0.25, 0.3) is 0 Å². The molecule has 0 radical (unpaired) electrons. The number of phenols is 2. The van der Waals surface area contributed by atoms with Gasteiger partial charge in [-0.25, -0.2) is 0 Å². The Labute approximate surface area is 123 Å². The van der Waals surface area contributed by atoms with Gasteiger partial charge in [0.1, 0.15) is 11.5 Å². The van der Waals surface area contributed by atoms with Crippen LogP contribution in [-0.4, -0.2) is 22.7 Å². The van der Waals surface area contributed by atoms with Crippen LogP contribution in [0.1, 0.15) is 5.56 Å². The maximum absolute atomic E-state index is 10.4. The van der Waals surface area contributed by atoms with Crippen molar-refractivity contribution in [3.63, 3.8) is 0 Å². The third kappa shape index (κ3) is 6.20. The topological polar surface area (TPSA) is 122 Å². The number of phenolic OH excluding ortho intramolecular Hbond substituents is 2. The van der Waals surface area contributed by atoms with Gasteiger partial charge in [0.15, 0.2) is 0 Å². The van der Waals surface area contributed by atoms with Gasteiger partial charge < -0.3 is 27.0 Å². The molecule has 6 nitrogen and oxygen atoms in total. The van der Waals surface area contributed by atoms with Gasteiger partial charge in [-0.15, -0.1) is 0 Å². The summed E-state index contributed by atoms with van der Waals surface area (Å²) < 4.78 is 0. The van der Waals surface area contributed by atoms with Crippen molar-refractivity contribution in [2.24, 2.45) is 5.73 Å². The van der Waals surface area contributed by atoms with E-state index in [1.165, 1.54) is 6.07 Å². The predicted molar refractivity (Wildman–Crippen MR) is 83.0 cm³/mol. The number of hydrogen-bond donors (Lipinski definition) is 5. The Morgan fingerprint density at radius 1 is 1.19 bits per heavy atom. The zero-order valence-corrected chi connectivity index (χ0v) is 11.7. The van der Waals surface area contributed by atoms with E-state index in [1.54, 1.807) is 43.3 Å². The summed E-state index contributed by atoms with van der Waals surface area (Å²) in [5, 5.41) is 20.8. The SMILES string of the molecule is Cc1ccc(NCC(N)=O)cc1O.Nc1cccc(O)c1. The summed E-state index contributed by atoms with van der Waals surface area (Å²) in [6, 6.07) is 11.6. The van der Waals surface area contributed by atoms with E-state index in [4.69, 9.17) is 16.6 Å². The average Bonchev–Trinajstić information content (AvgIpc) is 2.40. The molecule has 21 heavy (non-hydrogen) atoms. The molecule has 2 rings (SSSR count). The Hall–Kier alpha value is -2.89. The van der Waals surface area contributed by atoms with Crippen LogP contribution >= 0.6 is 0 Å². The van der Waals surface area contributed by atoms with Crippen LogP contribution in [0.2, 0.25) is 0 Å². The van der Waals surface area contributed by atoms with E-state index in [-0.39, 0.29) is 18.0 Å². The van der Waals surface area contributed by atoms with Crippen LogP contribution < -0.4 is 16.8 Å². The lowest BCUT2D eigenvalue weighted by atomic mass is 10.2. The molecule has 2 aromatic carbocycles. The van der Waals surface area contributed by atoms with Gasteiger partial charge in [-0.1, -0.05) is 12.1 Å². The Morgan fingerprint density at radius 3 is 2.38 bits per heavy atom. The number of carbonyl (C=O) groups is 1. The van der Waals surface area contributed by atoms with E-state index in [0.29, 0.717) is 11.4 Å². The molecule has 2 aromatic rings. The monoisotopic (exact) mass is 289 g/mol. The number of nitrogen functional groups attached to an aromatic ring is 1. The van der Waals surface area contributed by atoms with E-state index in [1.807, 2.05) is 0 Å². The summed E-state index contributed by atoms with van der Waals surface area (Å²) in [6.45, 7) is 1.87. The van der Waals surface area contributed by atoms with Crippen molar-refractivity contribution in [1.29, 1.82) is 0 Å². The average molecular weight is 289 g/mol. The third-order valence-corrected chi connectivity index (χ3v) is 2.55. The number of aromatic hydroxyl groups is 2. The van der Waals surface area contributed by atoms with E-state index in [2.05, 4.69) is 5.32 Å². The first-order valence-corrected chi connectivity index (χ1v) is 6.25. The van der Waals surface area contributed by atoms with Crippen molar-refractivity contribution in [3.05, 3.63) is 48.0 Å². The van der Waals surface area contributed by atoms with Crippen molar-refractivity contribution < 1.29 is 15.0 Å². The van der Waals surface area contributed by atoms with E-state index < -0.39 is 5.91 Å². The van der Waals surface area contributed by atoms with Crippen molar-refractivity contribution in [2.45, 2.75) is 6.92 Å². The lowest BCUT2D eigenvalue weighted by molar-refractivity contribution is -0.116. The maximum atomic E-state index is 10.4. The number of nitrogens with one attached hydrogen (secondary N) is 1. The molecule has 0 spiro atoms. The van der Waals surface area contributed by atoms with Crippen LogP contribution in [0, 0.1) is 6.92 Å². The van der Waals surface area contributed by atoms with Gasteiger partial charge in [0.2, 0.25) is 5.91 Å². The highest BCUT2D eigenvalue weighted by Crippen LogP contribution is 2.20. The minimum atomic E-state index is -0.430. The molecule has 0 bridgehead atoms. The van der Waals surface area contributed by atoms with Crippen LogP contribution in [0.15, 0.2) is 42.5 Å². The van der Waals surface area contributed by atoms with E-state index >= 15 is 0 Å². The molecular weight excluding hydrogens is 270 g/mol. The van der Waals surface area contributed by atoms with Gasteiger partial charge in [-0.05, 0) is 30.7 Å². The van der Waals surface area contributed by atoms with Gasteiger partial charge in [0.05, 0.1) is 6.54 Å². The molecule has 0 atom stereocenters. The molecule has 1 amide bonds. The fourth-order valence-electron chi connectivity index (χ4n) is 1.43. The largest absolute Gasteiger partial charge is 0.508 e. The first-order chi connectivity index (χ1) is 9.88. The van der Waals surface area contributed by atoms with E-state index in [0.717, 1.165) is 5.56 Å². The standard InChI is InChI=1S/C9H12N2O2.C6H7NO/c1-6-2-3-7(4-8(6)12)11-5-9(10)13;7-5-2-1-3-6(8)4-5/h2-4,11-12H,5H2,1H3,(H2,10,13);1-4,8H,7H2. The number of primary amides is 1. The van der Waals surface area contributed by atoms with E-state index in [9.17, 15) is 9.90 Å². The highest BCUT2D eigenvalue weighted by molar-refractivity contribution is 5.78. The van der Waals surface area contributed by atoms with Crippen LogP contribution in [0.4, 0.5) is 11.4 Å². The minimum absolute atomic E-state index is 0.0719.